The minimum absolute atomic E-state index is 0.0933. The maximum absolute atomic E-state index is 13.8. The third kappa shape index (κ3) is 13.0. The lowest BCUT2D eigenvalue weighted by molar-refractivity contribution is -0.140. The van der Waals surface area contributed by atoms with Crippen LogP contribution in [0.15, 0.2) is 0 Å². The molecule has 6 unspecified atom stereocenters. The van der Waals surface area contributed by atoms with Crippen molar-refractivity contribution in [3.63, 3.8) is 0 Å². The number of phosphoric acid groups is 1. The molecule has 0 saturated heterocycles. The van der Waals surface area contributed by atoms with Gasteiger partial charge in [0.05, 0.1) is 0 Å². The van der Waals surface area contributed by atoms with Gasteiger partial charge in [0, 0.05) is 17.3 Å². The van der Waals surface area contributed by atoms with Gasteiger partial charge in [-0.05, 0) is 19.3 Å². The van der Waals surface area contributed by atoms with E-state index >= 15 is 0 Å². The van der Waals surface area contributed by atoms with E-state index in [1.165, 1.54) is 0 Å². The highest BCUT2D eigenvalue weighted by Gasteiger charge is 2.38. The molecule has 0 heterocycles. The van der Waals surface area contributed by atoms with Gasteiger partial charge in [-0.25, -0.2) is 4.57 Å². The molecule has 0 bridgehead atoms. The van der Waals surface area contributed by atoms with Gasteiger partial charge in [-0.15, -0.1) is 0 Å². The fourth-order valence-electron chi connectivity index (χ4n) is 2.49. The van der Waals surface area contributed by atoms with Crippen LogP contribution in [0, 0.1) is 0 Å². The number of carboxylic acid groups (broad SMARTS) is 3. The van der Waals surface area contributed by atoms with E-state index < -0.39 is 62.5 Å². The Kier molecular flexibility index (Phi) is 17.5. The second-order valence-corrected chi connectivity index (χ2v) is 9.80. The summed E-state index contributed by atoms with van der Waals surface area (Å²) in [6.07, 6.45) is -2.93. The fraction of sp³-hybridized carbons (Fsp3) is 0.833. The third-order valence-corrected chi connectivity index (χ3v) is 7.12. The topological polar surface area (TPSA) is 193 Å². The molecule has 0 aromatic rings. The quantitative estimate of drug-likeness (QED) is 0.0535. The minimum Gasteiger partial charge on any atom is -0.480 e. The van der Waals surface area contributed by atoms with Crippen LogP contribution in [0.5, 0.6) is 0 Å². The maximum atomic E-state index is 13.8. The summed E-state index contributed by atoms with van der Waals surface area (Å²) in [4.78, 5) is 34.2. The number of thiol groups is 3. The van der Waals surface area contributed by atoms with E-state index in [1.807, 2.05) is 0 Å². The Morgan fingerprint density at radius 1 is 0.657 bits per heavy atom. The van der Waals surface area contributed by atoms with Crippen molar-refractivity contribution in [3.8, 4) is 0 Å². The molecule has 6 N–H and O–H groups in total. The Balaban J connectivity index is 5.96. The Bertz CT molecular complexity index is 633. The van der Waals surface area contributed by atoms with E-state index in [-0.39, 0.29) is 36.5 Å². The average molecular weight is 582 g/mol. The van der Waals surface area contributed by atoms with Gasteiger partial charge in [0.1, 0.15) is 36.8 Å². The van der Waals surface area contributed by atoms with Crippen LogP contribution >= 0.6 is 45.7 Å². The summed E-state index contributed by atoms with van der Waals surface area (Å²) < 4.78 is 30.5. The highest BCUT2D eigenvalue weighted by atomic mass is 32.1. The second kappa shape index (κ2) is 17.8. The van der Waals surface area contributed by atoms with Gasteiger partial charge in [0.2, 0.25) is 0 Å². The summed E-state index contributed by atoms with van der Waals surface area (Å²) in [5, 5.41) is 35.8. The van der Waals surface area contributed by atoms with E-state index in [0.29, 0.717) is 0 Å². The van der Waals surface area contributed by atoms with E-state index in [1.54, 1.807) is 20.8 Å². The van der Waals surface area contributed by atoms with Crippen molar-refractivity contribution in [2.45, 2.75) is 76.8 Å². The van der Waals surface area contributed by atoms with Crippen molar-refractivity contribution >= 4 is 63.6 Å². The van der Waals surface area contributed by atoms with Gasteiger partial charge in [-0.2, -0.15) is 37.9 Å². The van der Waals surface area contributed by atoms with Gasteiger partial charge in [0.25, 0.3) is 0 Å². The first kappa shape index (κ1) is 34.5. The van der Waals surface area contributed by atoms with Crippen LogP contribution in [0.25, 0.3) is 0 Å². The number of aliphatic carboxylic acids is 3. The van der Waals surface area contributed by atoms with E-state index in [4.69, 9.17) is 13.6 Å². The molecule has 0 amide bonds. The molecule has 0 radical (unpaired) electrons. The highest BCUT2D eigenvalue weighted by Crippen LogP contribution is 2.53. The second-order valence-electron chi connectivity index (χ2n) is 7.17. The van der Waals surface area contributed by atoms with Crippen molar-refractivity contribution < 1.29 is 47.8 Å². The molecule has 17 heteroatoms. The van der Waals surface area contributed by atoms with Crippen LogP contribution in [-0.2, 0) is 32.5 Å². The largest absolute Gasteiger partial charge is 0.480 e. The normalized spacial score (nSPS) is 18.6. The van der Waals surface area contributed by atoms with E-state index in [9.17, 15) is 34.3 Å². The lowest BCUT2D eigenvalue weighted by Gasteiger charge is -2.32. The summed E-state index contributed by atoms with van der Waals surface area (Å²) in [5.74, 6) is -3.92. The first-order valence-corrected chi connectivity index (χ1v) is 14.2. The van der Waals surface area contributed by atoms with Crippen LogP contribution in [0.2, 0.25) is 0 Å². The monoisotopic (exact) mass is 581 g/mol. The first-order chi connectivity index (χ1) is 16.4. The number of phosphoric ester groups is 1. The van der Waals surface area contributed by atoms with Gasteiger partial charge in [0.15, 0.2) is 0 Å². The standard InChI is InChI=1S/C18H36N3O10PS3/c1-4-13(19-10(7-33)16(22)23)29-32(28,30-14(5-2)20-11(8-34)17(24)25)31-15(6-3)21-12(9-35)18(26)27/h10-15,19-21,33-35H,4-9H2,1-3H3,(H,22,23)(H,24,25)(H,26,27). The molecule has 0 aliphatic carbocycles. The molecule has 0 aromatic heterocycles. The highest BCUT2D eigenvalue weighted by molar-refractivity contribution is 7.80. The molecule has 35 heavy (non-hydrogen) atoms. The van der Waals surface area contributed by atoms with Crippen LogP contribution in [-0.4, -0.2) is 87.3 Å². The Labute approximate surface area is 221 Å². The zero-order valence-corrected chi connectivity index (χ0v) is 23.3. The van der Waals surface area contributed by atoms with Crippen LogP contribution in [0.3, 0.4) is 0 Å². The van der Waals surface area contributed by atoms with E-state index in [2.05, 4.69) is 53.8 Å². The first-order valence-electron chi connectivity index (χ1n) is 10.8. The Morgan fingerprint density at radius 3 is 1.03 bits per heavy atom. The molecule has 6 atom stereocenters. The molecule has 13 nitrogen and oxygen atoms in total. The van der Waals surface area contributed by atoms with Crippen molar-refractivity contribution in [3.05, 3.63) is 0 Å². The molecule has 0 spiro atoms. The Hall–Kier alpha value is -0.550. The van der Waals surface area contributed by atoms with E-state index in [0.717, 1.165) is 0 Å². The van der Waals surface area contributed by atoms with Crippen molar-refractivity contribution in [2.24, 2.45) is 0 Å². The Morgan fingerprint density at radius 2 is 0.886 bits per heavy atom. The number of carboxylic acids is 3. The molecule has 206 valence electrons. The van der Waals surface area contributed by atoms with Gasteiger partial charge in [-0.3, -0.25) is 43.9 Å². The van der Waals surface area contributed by atoms with Gasteiger partial charge >= 0.3 is 25.7 Å². The average Bonchev–Trinajstić information content (AvgIpc) is 2.81. The molecule has 0 saturated carbocycles. The molecule has 0 fully saturated rings. The lowest BCUT2D eigenvalue weighted by atomic mass is 10.3. The summed E-state index contributed by atoms with van der Waals surface area (Å²) in [6.45, 7) is 4.90. The summed E-state index contributed by atoms with van der Waals surface area (Å²) in [6, 6.07) is -3.42. The van der Waals surface area contributed by atoms with Crippen molar-refractivity contribution in [2.75, 3.05) is 17.3 Å². The molecular weight excluding hydrogens is 545 g/mol. The molecule has 0 aliphatic rings. The molecule has 0 aliphatic heterocycles. The minimum atomic E-state index is -4.57. The number of nitrogens with one attached hydrogen (secondary N) is 3. The SMILES string of the molecule is CCC(NC(CS)C(=O)O)OP(=O)(OC(CC)NC(CS)C(=O)O)OC(CC)NC(CS)C(=O)O. The van der Waals surface area contributed by atoms with Crippen LogP contribution in [0.4, 0.5) is 0 Å². The fourth-order valence-corrected chi connectivity index (χ4v) is 4.99. The zero-order chi connectivity index (χ0) is 27.2. The third-order valence-electron chi connectivity index (χ3n) is 4.48. The molecule has 0 aromatic carbocycles. The molecule has 0 rings (SSSR count). The van der Waals surface area contributed by atoms with Crippen molar-refractivity contribution in [1.29, 1.82) is 0 Å². The number of hydrogen-bond acceptors (Lipinski definition) is 13. The molecular formula is C18H36N3O10PS3. The van der Waals surface area contributed by atoms with Crippen molar-refractivity contribution in [1.82, 2.24) is 16.0 Å². The summed E-state index contributed by atoms with van der Waals surface area (Å²) in [7, 11) is -4.57. The lowest BCUT2D eigenvalue weighted by Crippen LogP contribution is -2.48. The summed E-state index contributed by atoms with van der Waals surface area (Å²) >= 11 is 11.9. The smallest absolute Gasteiger partial charge is 0.479 e. The number of carbonyl (C=O) groups is 3. The van der Waals surface area contributed by atoms with Gasteiger partial charge in [-0.1, -0.05) is 20.8 Å². The maximum Gasteiger partial charge on any atom is 0.479 e. The predicted octanol–water partition coefficient (Wildman–Crippen LogP) is 1.27. The van der Waals surface area contributed by atoms with Crippen LogP contribution < -0.4 is 16.0 Å². The van der Waals surface area contributed by atoms with Gasteiger partial charge < -0.3 is 15.3 Å². The number of rotatable bonds is 21. The number of hydrogen-bond donors (Lipinski definition) is 9. The zero-order valence-electron chi connectivity index (χ0n) is 19.7. The van der Waals surface area contributed by atoms with Crippen LogP contribution in [0.1, 0.15) is 40.0 Å². The summed E-state index contributed by atoms with van der Waals surface area (Å²) in [5.41, 5.74) is 0. The predicted molar refractivity (Wildman–Crippen MR) is 138 cm³/mol.